The highest BCUT2D eigenvalue weighted by Crippen LogP contribution is 2.26. The molecule has 13 heteroatoms. The van der Waals surface area contributed by atoms with Crippen molar-refractivity contribution in [2.75, 3.05) is 23.9 Å². The molecule has 0 radical (unpaired) electrons. The molecule has 0 spiro atoms. The smallest absolute Gasteiger partial charge is 0.251 e. The first-order valence-electron chi connectivity index (χ1n) is 11.3. The number of benzene rings is 2. The van der Waals surface area contributed by atoms with Crippen molar-refractivity contribution in [3.63, 3.8) is 0 Å². The number of rotatable bonds is 11. The molecule has 0 fully saturated rings. The van der Waals surface area contributed by atoms with Gasteiger partial charge in [0.1, 0.15) is 5.75 Å². The molecule has 0 aliphatic rings. The molecule has 2 heterocycles. The summed E-state index contributed by atoms with van der Waals surface area (Å²) in [6.07, 6.45) is 0. The molecule has 0 bridgehead atoms. The average molecular weight is 556 g/mol. The summed E-state index contributed by atoms with van der Waals surface area (Å²) in [5, 5.41) is 23.3. The molecule has 2 amide bonds. The zero-order chi connectivity index (χ0) is 26.2. The van der Waals surface area contributed by atoms with Crippen LogP contribution in [0.4, 0.5) is 5.13 Å². The second kappa shape index (κ2) is 12.7. The maximum absolute atomic E-state index is 12.7. The van der Waals surface area contributed by atoms with Crippen LogP contribution in [0, 0.1) is 6.92 Å². The van der Waals surface area contributed by atoms with E-state index in [-0.39, 0.29) is 24.1 Å². The first kappa shape index (κ1) is 26.6. The van der Waals surface area contributed by atoms with Crippen LogP contribution in [0.25, 0.3) is 5.69 Å². The third-order valence-electron chi connectivity index (χ3n) is 4.95. The molecule has 4 aromatic rings. The molecule has 0 saturated heterocycles. The van der Waals surface area contributed by atoms with Gasteiger partial charge in [0.2, 0.25) is 11.0 Å². The number of ether oxygens (including phenoxy) is 1. The van der Waals surface area contributed by atoms with Gasteiger partial charge in [-0.3, -0.25) is 19.5 Å². The highest BCUT2D eigenvalue weighted by Gasteiger charge is 2.18. The van der Waals surface area contributed by atoms with Gasteiger partial charge in [0.05, 0.1) is 19.4 Å². The number of carbonyl (C=O) groups excluding carboxylic acids is 2. The molecule has 4 rings (SSSR count). The van der Waals surface area contributed by atoms with Crippen LogP contribution in [0.3, 0.4) is 0 Å². The molecule has 2 aromatic carbocycles. The average Bonchev–Trinajstić information content (AvgIpc) is 3.52. The number of aromatic nitrogens is 5. The maximum Gasteiger partial charge on any atom is 0.251 e. The minimum Gasteiger partial charge on any atom is -0.497 e. The number of methoxy groups -OCH3 is 1. The van der Waals surface area contributed by atoms with E-state index < -0.39 is 0 Å². The van der Waals surface area contributed by atoms with Gasteiger partial charge in [-0.2, -0.15) is 0 Å². The van der Waals surface area contributed by atoms with E-state index in [1.165, 1.54) is 23.1 Å². The lowest BCUT2D eigenvalue weighted by atomic mass is 10.2. The Morgan fingerprint density at radius 2 is 1.89 bits per heavy atom. The summed E-state index contributed by atoms with van der Waals surface area (Å²) < 4.78 is 7.86. The van der Waals surface area contributed by atoms with E-state index in [2.05, 4.69) is 31.0 Å². The Morgan fingerprint density at radius 3 is 2.68 bits per heavy atom. The van der Waals surface area contributed by atoms with Crippen LogP contribution in [-0.4, -0.2) is 55.4 Å². The van der Waals surface area contributed by atoms with Crippen LogP contribution in [0.15, 0.2) is 58.0 Å². The number of thioether (sulfide) groups is 2. The lowest BCUT2D eigenvalue weighted by molar-refractivity contribution is -0.113. The van der Waals surface area contributed by atoms with Crippen LogP contribution < -0.4 is 15.4 Å². The molecule has 0 saturated carbocycles. The molecule has 0 unspecified atom stereocenters. The fraction of sp³-hybridized carbons (Fsp3) is 0.250. The van der Waals surface area contributed by atoms with Crippen LogP contribution in [0.5, 0.6) is 5.75 Å². The zero-order valence-electron chi connectivity index (χ0n) is 20.4. The largest absolute Gasteiger partial charge is 0.497 e. The number of aryl methyl sites for hydroxylation is 1. The van der Waals surface area contributed by atoms with E-state index in [0.29, 0.717) is 27.4 Å². The highest BCUT2D eigenvalue weighted by atomic mass is 32.2. The predicted molar refractivity (Wildman–Crippen MR) is 146 cm³/mol. The number of nitrogens with one attached hydrogen (secondary N) is 2. The van der Waals surface area contributed by atoms with E-state index in [0.717, 1.165) is 21.3 Å². The first-order chi connectivity index (χ1) is 18.0. The molecule has 2 N–H and O–H groups in total. The Balaban J connectivity index is 1.48. The van der Waals surface area contributed by atoms with Gasteiger partial charge in [-0.25, -0.2) is 0 Å². The second-order valence-electron chi connectivity index (χ2n) is 7.63. The minimum absolute atomic E-state index is 0.107. The third kappa shape index (κ3) is 7.08. The lowest BCUT2D eigenvalue weighted by Crippen LogP contribution is -2.24. The van der Waals surface area contributed by atoms with Gasteiger partial charge < -0.3 is 10.1 Å². The SMILES string of the molecule is CCSc1nnc(NC(=O)CSc2nnc(CNC(=O)c3cccc(OC)c3)n2-c2cccc(C)c2)s1. The van der Waals surface area contributed by atoms with Crippen LogP contribution in [0.1, 0.15) is 28.7 Å². The van der Waals surface area contributed by atoms with Gasteiger partial charge in [0, 0.05) is 11.3 Å². The van der Waals surface area contributed by atoms with Crippen LogP contribution in [-0.2, 0) is 11.3 Å². The molecule has 37 heavy (non-hydrogen) atoms. The van der Waals surface area contributed by atoms with Crippen molar-refractivity contribution in [1.82, 2.24) is 30.3 Å². The van der Waals surface area contributed by atoms with Gasteiger partial charge in [-0.15, -0.1) is 20.4 Å². The molecule has 0 aliphatic carbocycles. The van der Waals surface area contributed by atoms with Crippen molar-refractivity contribution in [3.8, 4) is 11.4 Å². The van der Waals surface area contributed by atoms with Gasteiger partial charge in [-0.1, -0.05) is 60.0 Å². The zero-order valence-corrected chi connectivity index (χ0v) is 22.9. The Morgan fingerprint density at radius 1 is 1.05 bits per heavy atom. The Bertz CT molecular complexity index is 1390. The number of nitrogens with zero attached hydrogens (tertiary/aromatic N) is 5. The van der Waals surface area contributed by atoms with E-state index in [1.54, 1.807) is 43.1 Å². The van der Waals surface area contributed by atoms with Crippen LogP contribution in [0.2, 0.25) is 0 Å². The van der Waals surface area contributed by atoms with Crippen LogP contribution >= 0.6 is 34.9 Å². The van der Waals surface area contributed by atoms with Gasteiger partial charge in [-0.05, 0) is 48.6 Å². The van der Waals surface area contributed by atoms with Gasteiger partial charge in [0.15, 0.2) is 15.3 Å². The molecule has 0 atom stereocenters. The van der Waals surface area contributed by atoms with E-state index in [4.69, 9.17) is 4.74 Å². The summed E-state index contributed by atoms with van der Waals surface area (Å²) in [7, 11) is 1.55. The van der Waals surface area contributed by atoms with Crippen molar-refractivity contribution < 1.29 is 14.3 Å². The number of anilines is 1. The fourth-order valence-corrected chi connectivity index (χ4v) is 5.72. The number of amides is 2. The number of carbonyl (C=O) groups is 2. The number of hydrogen-bond donors (Lipinski definition) is 2. The Hall–Kier alpha value is -3.42. The van der Waals surface area contributed by atoms with Crippen molar-refractivity contribution >= 4 is 51.8 Å². The standard InChI is InChI=1S/C24H25N7O3S3/c1-4-35-24-30-28-22(37-24)26-20(32)14-36-23-29-27-19(31(23)17-9-5-7-15(2)11-17)13-25-21(33)16-8-6-10-18(12-16)34-3/h5-12H,4,13-14H2,1-3H3,(H,25,33)(H,26,28,32). The molecule has 10 nitrogen and oxygen atoms in total. The molecular formula is C24H25N7O3S3. The fourth-order valence-electron chi connectivity index (χ4n) is 3.29. The van der Waals surface area contributed by atoms with E-state index >= 15 is 0 Å². The van der Waals surface area contributed by atoms with Crippen molar-refractivity contribution in [1.29, 1.82) is 0 Å². The van der Waals surface area contributed by atoms with Crippen molar-refractivity contribution in [3.05, 3.63) is 65.5 Å². The highest BCUT2D eigenvalue weighted by molar-refractivity contribution is 8.01. The summed E-state index contributed by atoms with van der Waals surface area (Å²) >= 11 is 4.16. The topological polar surface area (TPSA) is 124 Å². The predicted octanol–water partition coefficient (Wildman–Crippen LogP) is 4.21. The molecule has 192 valence electrons. The summed E-state index contributed by atoms with van der Waals surface area (Å²) in [6.45, 7) is 4.17. The van der Waals surface area contributed by atoms with E-state index in [1.807, 2.05) is 42.7 Å². The van der Waals surface area contributed by atoms with Crippen molar-refractivity contribution in [2.45, 2.75) is 29.9 Å². The lowest BCUT2D eigenvalue weighted by Gasteiger charge is -2.12. The minimum atomic E-state index is -0.260. The maximum atomic E-state index is 12.7. The summed E-state index contributed by atoms with van der Waals surface area (Å²) in [4.78, 5) is 25.3. The quantitative estimate of drug-likeness (QED) is 0.207. The monoisotopic (exact) mass is 555 g/mol. The number of hydrogen-bond acceptors (Lipinski definition) is 10. The van der Waals surface area contributed by atoms with Gasteiger partial charge >= 0.3 is 0 Å². The second-order valence-corrected chi connectivity index (χ2v) is 11.1. The first-order valence-corrected chi connectivity index (χ1v) is 14.1. The molecular weight excluding hydrogens is 531 g/mol. The normalized spacial score (nSPS) is 10.8. The summed E-state index contributed by atoms with van der Waals surface area (Å²) in [5.74, 6) is 1.65. The molecule has 2 aromatic heterocycles. The Labute approximate surface area is 226 Å². The third-order valence-corrected chi connectivity index (χ3v) is 7.74. The van der Waals surface area contributed by atoms with E-state index in [9.17, 15) is 9.59 Å². The molecule has 0 aliphatic heterocycles. The Kier molecular flexibility index (Phi) is 9.14. The summed E-state index contributed by atoms with van der Waals surface area (Å²) in [5.41, 5.74) is 2.37. The van der Waals surface area contributed by atoms with Gasteiger partial charge in [0.25, 0.3) is 5.91 Å². The summed E-state index contributed by atoms with van der Waals surface area (Å²) in [6, 6.07) is 14.8. The van der Waals surface area contributed by atoms with Crippen molar-refractivity contribution in [2.24, 2.45) is 0 Å².